The van der Waals surface area contributed by atoms with Gasteiger partial charge in [-0.25, -0.2) is 0 Å². The standard InChI is InChI=1S/C20H21N3O3/c1-14-9-10-17(15(2)11-14)25-13-19(24)23(3)12-18-21-20(22-26-18)16-7-5-4-6-8-16/h4-11H,12-13H2,1-3H3. The van der Waals surface area contributed by atoms with Gasteiger partial charge in [0.2, 0.25) is 11.7 Å². The molecule has 6 heteroatoms. The van der Waals surface area contributed by atoms with Crippen LogP contribution in [-0.2, 0) is 11.3 Å². The molecule has 0 radical (unpaired) electrons. The number of rotatable bonds is 6. The van der Waals surface area contributed by atoms with Crippen LogP contribution in [0.2, 0.25) is 0 Å². The maximum atomic E-state index is 12.3. The molecule has 3 aromatic rings. The number of aromatic nitrogens is 2. The molecule has 0 bridgehead atoms. The molecule has 0 atom stereocenters. The molecule has 0 aliphatic rings. The Balaban J connectivity index is 1.57. The van der Waals surface area contributed by atoms with Crippen LogP contribution in [-0.4, -0.2) is 34.6 Å². The van der Waals surface area contributed by atoms with E-state index in [0.717, 1.165) is 16.7 Å². The van der Waals surface area contributed by atoms with E-state index in [-0.39, 0.29) is 19.1 Å². The molecule has 0 spiro atoms. The fourth-order valence-electron chi connectivity index (χ4n) is 2.53. The molecule has 0 N–H and O–H groups in total. The average molecular weight is 351 g/mol. The SMILES string of the molecule is Cc1ccc(OCC(=O)N(C)Cc2nc(-c3ccccc3)no2)c(C)c1. The van der Waals surface area contributed by atoms with Crippen LogP contribution in [0.15, 0.2) is 53.1 Å². The fraction of sp³-hybridized carbons (Fsp3) is 0.250. The lowest BCUT2D eigenvalue weighted by Gasteiger charge is -2.16. The predicted molar refractivity (Wildman–Crippen MR) is 97.6 cm³/mol. The van der Waals surface area contributed by atoms with Crippen LogP contribution in [0.25, 0.3) is 11.4 Å². The number of hydrogen-bond acceptors (Lipinski definition) is 5. The highest BCUT2D eigenvalue weighted by Crippen LogP contribution is 2.19. The van der Waals surface area contributed by atoms with Crippen LogP contribution in [0.4, 0.5) is 0 Å². The van der Waals surface area contributed by atoms with Crippen LogP contribution in [0, 0.1) is 13.8 Å². The van der Waals surface area contributed by atoms with Crippen LogP contribution in [0.5, 0.6) is 5.75 Å². The molecule has 2 aromatic carbocycles. The normalized spacial score (nSPS) is 10.6. The van der Waals surface area contributed by atoms with Gasteiger partial charge in [0.15, 0.2) is 6.61 Å². The van der Waals surface area contributed by atoms with Crippen molar-refractivity contribution in [3.8, 4) is 17.1 Å². The summed E-state index contributed by atoms with van der Waals surface area (Å²) in [5.41, 5.74) is 3.03. The monoisotopic (exact) mass is 351 g/mol. The smallest absolute Gasteiger partial charge is 0.260 e. The summed E-state index contributed by atoms with van der Waals surface area (Å²) in [6.45, 7) is 4.17. The summed E-state index contributed by atoms with van der Waals surface area (Å²) in [6.07, 6.45) is 0. The lowest BCUT2D eigenvalue weighted by Crippen LogP contribution is -2.31. The van der Waals surface area contributed by atoms with Crippen LogP contribution in [0.1, 0.15) is 17.0 Å². The molecule has 26 heavy (non-hydrogen) atoms. The highest BCUT2D eigenvalue weighted by atomic mass is 16.5. The van der Waals surface area contributed by atoms with Crippen molar-refractivity contribution in [3.05, 3.63) is 65.5 Å². The molecule has 1 amide bonds. The third kappa shape index (κ3) is 4.27. The lowest BCUT2D eigenvalue weighted by atomic mass is 10.1. The van der Waals surface area contributed by atoms with Gasteiger partial charge in [-0.3, -0.25) is 4.79 Å². The van der Waals surface area contributed by atoms with Gasteiger partial charge in [-0.15, -0.1) is 0 Å². The Kier molecular flexibility index (Phi) is 5.31. The summed E-state index contributed by atoms with van der Waals surface area (Å²) in [7, 11) is 1.68. The zero-order valence-electron chi connectivity index (χ0n) is 15.1. The highest BCUT2D eigenvalue weighted by molar-refractivity contribution is 5.77. The number of carbonyl (C=O) groups excluding carboxylic acids is 1. The molecule has 0 unspecified atom stereocenters. The number of ether oxygens (including phenoxy) is 1. The number of aryl methyl sites for hydroxylation is 2. The van der Waals surface area contributed by atoms with Crippen molar-refractivity contribution in [2.24, 2.45) is 0 Å². The largest absolute Gasteiger partial charge is 0.484 e. The van der Waals surface area contributed by atoms with Gasteiger partial charge >= 0.3 is 0 Å². The molecular weight excluding hydrogens is 330 g/mol. The fourth-order valence-corrected chi connectivity index (χ4v) is 2.53. The summed E-state index contributed by atoms with van der Waals surface area (Å²) in [4.78, 5) is 18.1. The maximum absolute atomic E-state index is 12.3. The van der Waals surface area contributed by atoms with Gasteiger partial charge in [0.25, 0.3) is 5.91 Å². The van der Waals surface area contributed by atoms with Crippen molar-refractivity contribution in [1.82, 2.24) is 15.0 Å². The third-order valence-electron chi connectivity index (χ3n) is 3.98. The first-order valence-corrected chi connectivity index (χ1v) is 8.35. The van der Waals surface area contributed by atoms with Crippen molar-refractivity contribution in [3.63, 3.8) is 0 Å². The molecule has 0 saturated heterocycles. The number of carbonyl (C=O) groups is 1. The quantitative estimate of drug-likeness (QED) is 0.681. The molecule has 0 saturated carbocycles. The Hall–Kier alpha value is -3.15. The topological polar surface area (TPSA) is 68.5 Å². The van der Waals surface area contributed by atoms with Crippen molar-refractivity contribution >= 4 is 5.91 Å². The molecule has 1 aromatic heterocycles. The summed E-state index contributed by atoms with van der Waals surface area (Å²) in [6, 6.07) is 15.4. The minimum Gasteiger partial charge on any atom is -0.484 e. The number of likely N-dealkylation sites (N-methyl/N-ethyl adjacent to an activating group) is 1. The van der Waals surface area contributed by atoms with Gasteiger partial charge in [-0.2, -0.15) is 4.98 Å². The summed E-state index contributed by atoms with van der Waals surface area (Å²) in [5, 5.41) is 3.96. The Morgan fingerprint density at radius 1 is 1.15 bits per heavy atom. The first-order valence-electron chi connectivity index (χ1n) is 8.35. The highest BCUT2D eigenvalue weighted by Gasteiger charge is 2.15. The van der Waals surface area contributed by atoms with Crippen molar-refractivity contribution < 1.29 is 14.1 Å². The maximum Gasteiger partial charge on any atom is 0.260 e. The Labute approximate surface area is 152 Å². The molecule has 1 heterocycles. The Morgan fingerprint density at radius 3 is 2.65 bits per heavy atom. The zero-order valence-corrected chi connectivity index (χ0v) is 15.1. The van der Waals surface area contributed by atoms with Crippen molar-refractivity contribution in [2.45, 2.75) is 20.4 Å². The van der Waals surface area contributed by atoms with Gasteiger partial charge in [0.1, 0.15) is 5.75 Å². The van der Waals surface area contributed by atoms with Crippen LogP contribution < -0.4 is 4.74 Å². The second-order valence-electron chi connectivity index (χ2n) is 6.19. The van der Waals surface area contributed by atoms with E-state index in [1.165, 1.54) is 4.90 Å². The first kappa shape index (κ1) is 17.7. The number of hydrogen-bond donors (Lipinski definition) is 0. The minimum atomic E-state index is -0.163. The minimum absolute atomic E-state index is 0.0416. The molecule has 134 valence electrons. The first-order chi connectivity index (χ1) is 12.5. The van der Waals surface area contributed by atoms with E-state index in [1.54, 1.807) is 7.05 Å². The van der Waals surface area contributed by atoms with E-state index in [1.807, 2.05) is 62.4 Å². The van der Waals surface area contributed by atoms with Gasteiger partial charge in [-0.1, -0.05) is 53.2 Å². The Morgan fingerprint density at radius 2 is 1.92 bits per heavy atom. The second kappa shape index (κ2) is 7.82. The van der Waals surface area contributed by atoms with E-state index < -0.39 is 0 Å². The number of benzene rings is 2. The summed E-state index contributed by atoms with van der Waals surface area (Å²) >= 11 is 0. The number of nitrogens with zero attached hydrogens (tertiary/aromatic N) is 3. The molecular formula is C20H21N3O3. The number of amides is 1. The van der Waals surface area contributed by atoms with Gasteiger partial charge in [0.05, 0.1) is 6.54 Å². The zero-order chi connectivity index (χ0) is 18.5. The Bertz CT molecular complexity index is 890. The predicted octanol–water partition coefficient (Wildman–Crippen LogP) is 3.39. The lowest BCUT2D eigenvalue weighted by molar-refractivity contribution is -0.132. The average Bonchev–Trinajstić information content (AvgIpc) is 3.10. The van der Waals surface area contributed by atoms with Crippen molar-refractivity contribution in [2.75, 3.05) is 13.7 Å². The third-order valence-corrected chi connectivity index (χ3v) is 3.98. The van der Waals surface area contributed by atoms with Gasteiger partial charge in [0, 0.05) is 12.6 Å². The summed E-state index contributed by atoms with van der Waals surface area (Å²) < 4.78 is 10.9. The molecule has 6 nitrogen and oxygen atoms in total. The van der Waals surface area contributed by atoms with E-state index in [0.29, 0.717) is 17.5 Å². The van der Waals surface area contributed by atoms with E-state index in [9.17, 15) is 4.79 Å². The van der Waals surface area contributed by atoms with Gasteiger partial charge < -0.3 is 14.2 Å². The molecule has 0 fully saturated rings. The van der Waals surface area contributed by atoms with E-state index >= 15 is 0 Å². The van der Waals surface area contributed by atoms with Crippen LogP contribution in [0.3, 0.4) is 0 Å². The van der Waals surface area contributed by atoms with Crippen LogP contribution >= 0.6 is 0 Å². The summed E-state index contributed by atoms with van der Waals surface area (Å²) in [5.74, 6) is 1.44. The molecule has 0 aliphatic heterocycles. The molecule has 3 rings (SSSR count). The van der Waals surface area contributed by atoms with Gasteiger partial charge in [-0.05, 0) is 25.5 Å². The second-order valence-corrected chi connectivity index (χ2v) is 6.19. The van der Waals surface area contributed by atoms with E-state index in [4.69, 9.17) is 9.26 Å². The molecule has 0 aliphatic carbocycles. The van der Waals surface area contributed by atoms with E-state index in [2.05, 4.69) is 10.1 Å². The van der Waals surface area contributed by atoms with Crippen molar-refractivity contribution in [1.29, 1.82) is 0 Å².